The Morgan fingerprint density at radius 2 is 1.95 bits per heavy atom. The Balaban J connectivity index is 0.00000200. The highest BCUT2D eigenvalue weighted by Crippen LogP contribution is 2.21. The van der Waals surface area contributed by atoms with Crippen LogP contribution in [-0.2, 0) is 4.79 Å². The molecule has 1 aliphatic heterocycles. The molecule has 0 atom stereocenters. The highest BCUT2D eigenvalue weighted by atomic mass is 35.5. The van der Waals surface area contributed by atoms with Crippen LogP contribution in [0.25, 0.3) is 6.08 Å². The first kappa shape index (κ1) is 16.3. The van der Waals surface area contributed by atoms with Crippen molar-refractivity contribution in [1.82, 2.24) is 9.80 Å². The molecule has 2 rings (SSSR count). The van der Waals surface area contributed by atoms with Gasteiger partial charge in [-0.05, 0) is 31.3 Å². The number of aromatic hydroxyl groups is 1. The van der Waals surface area contributed by atoms with Crippen molar-refractivity contribution in [2.75, 3.05) is 39.0 Å². The van der Waals surface area contributed by atoms with Crippen LogP contribution >= 0.6 is 12.4 Å². The molecule has 3 N–H and O–H groups in total. The largest absolute Gasteiger partial charge is 0.507 e. The van der Waals surface area contributed by atoms with Crippen molar-refractivity contribution in [3.63, 3.8) is 0 Å². The molecule has 0 unspecified atom stereocenters. The van der Waals surface area contributed by atoms with Gasteiger partial charge in [-0.25, -0.2) is 0 Å². The lowest BCUT2D eigenvalue weighted by molar-refractivity contribution is -0.127. The van der Waals surface area contributed by atoms with Crippen molar-refractivity contribution in [1.29, 1.82) is 0 Å². The number of carbonyl (C=O) groups is 1. The quantitative estimate of drug-likeness (QED) is 0.489. The average Bonchev–Trinajstić information content (AvgIpc) is 2.40. The van der Waals surface area contributed by atoms with Crippen LogP contribution in [0.1, 0.15) is 5.56 Å². The Hall–Kier alpha value is -1.72. The predicted octanol–water partition coefficient (Wildman–Crippen LogP) is 1.18. The molecule has 0 bridgehead atoms. The monoisotopic (exact) mass is 297 g/mol. The normalized spacial score (nSPS) is 16.1. The smallest absolute Gasteiger partial charge is 0.246 e. The molecule has 1 aliphatic rings. The van der Waals surface area contributed by atoms with Gasteiger partial charge in [-0.15, -0.1) is 12.4 Å². The van der Waals surface area contributed by atoms with Crippen LogP contribution < -0.4 is 5.73 Å². The third kappa shape index (κ3) is 4.15. The summed E-state index contributed by atoms with van der Waals surface area (Å²) in [4.78, 5) is 16.0. The Morgan fingerprint density at radius 1 is 1.30 bits per heavy atom. The first-order valence-corrected chi connectivity index (χ1v) is 6.30. The molecular formula is C14H20ClN3O2. The Morgan fingerprint density at radius 3 is 2.60 bits per heavy atom. The van der Waals surface area contributed by atoms with E-state index in [1.54, 1.807) is 23.1 Å². The number of piperazine rings is 1. The molecule has 1 fully saturated rings. The molecule has 0 radical (unpaired) electrons. The molecular weight excluding hydrogens is 278 g/mol. The van der Waals surface area contributed by atoms with Crippen molar-refractivity contribution in [3.8, 4) is 5.75 Å². The lowest BCUT2D eigenvalue weighted by Crippen LogP contribution is -2.46. The summed E-state index contributed by atoms with van der Waals surface area (Å²) in [5, 5.41) is 9.65. The lowest BCUT2D eigenvalue weighted by Gasteiger charge is -2.31. The van der Waals surface area contributed by atoms with Gasteiger partial charge < -0.3 is 20.6 Å². The third-order valence-corrected chi connectivity index (χ3v) is 3.27. The van der Waals surface area contributed by atoms with Crippen molar-refractivity contribution in [2.24, 2.45) is 0 Å². The van der Waals surface area contributed by atoms with Gasteiger partial charge in [-0.1, -0.05) is 0 Å². The summed E-state index contributed by atoms with van der Waals surface area (Å²) in [7, 11) is 2.04. The second kappa shape index (κ2) is 7.17. The fraction of sp³-hybridized carbons (Fsp3) is 0.357. The molecule has 1 amide bonds. The molecule has 5 nitrogen and oxygen atoms in total. The van der Waals surface area contributed by atoms with Gasteiger partial charge in [0.05, 0.1) is 0 Å². The van der Waals surface area contributed by atoms with Gasteiger partial charge in [0.25, 0.3) is 0 Å². The standard InChI is InChI=1S/C14H19N3O2.ClH/c1-16-6-8-17(9-7-16)14(19)5-2-11-10-12(15)3-4-13(11)18;/h2-5,10,18H,6-9,15H2,1H3;1H. The summed E-state index contributed by atoms with van der Waals surface area (Å²) < 4.78 is 0. The van der Waals surface area contributed by atoms with E-state index in [1.807, 2.05) is 7.05 Å². The van der Waals surface area contributed by atoms with E-state index in [-0.39, 0.29) is 24.1 Å². The highest BCUT2D eigenvalue weighted by Gasteiger charge is 2.16. The van der Waals surface area contributed by atoms with Gasteiger partial charge in [0.2, 0.25) is 5.91 Å². The molecule has 0 aliphatic carbocycles. The SMILES string of the molecule is CN1CCN(C(=O)C=Cc2cc(N)ccc2O)CC1.Cl. The second-order valence-electron chi connectivity index (χ2n) is 4.78. The number of nitrogen functional groups attached to an aromatic ring is 1. The highest BCUT2D eigenvalue weighted by molar-refractivity contribution is 5.92. The van der Waals surface area contributed by atoms with E-state index in [9.17, 15) is 9.90 Å². The van der Waals surface area contributed by atoms with Crippen molar-refractivity contribution >= 4 is 30.1 Å². The molecule has 1 aromatic rings. The number of nitrogens with zero attached hydrogens (tertiary/aromatic N) is 2. The number of hydrogen-bond acceptors (Lipinski definition) is 4. The van der Waals surface area contributed by atoms with E-state index in [2.05, 4.69) is 4.90 Å². The van der Waals surface area contributed by atoms with Crippen LogP contribution in [0.4, 0.5) is 5.69 Å². The number of phenolic OH excluding ortho intramolecular Hbond substituents is 1. The molecule has 0 saturated carbocycles. The van der Waals surface area contributed by atoms with Gasteiger partial charge in [0.15, 0.2) is 0 Å². The number of phenols is 1. The maximum Gasteiger partial charge on any atom is 0.246 e. The van der Waals surface area contributed by atoms with E-state index >= 15 is 0 Å². The fourth-order valence-electron chi connectivity index (χ4n) is 2.00. The summed E-state index contributed by atoms with van der Waals surface area (Å²) in [5.74, 6) is 0.0894. The number of nitrogens with two attached hydrogens (primary N) is 1. The van der Waals surface area contributed by atoms with Gasteiger partial charge in [0.1, 0.15) is 5.75 Å². The minimum Gasteiger partial charge on any atom is -0.507 e. The van der Waals surface area contributed by atoms with E-state index < -0.39 is 0 Å². The summed E-state index contributed by atoms with van der Waals surface area (Å²) >= 11 is 0. The van der Waals surface area contributed by atoms with Crippen molar-refractivity contribution in [2.45, 2.75) is 0 Å². The average molecular weight is 298 g/mol. The predicted molar refractivity (Wildman–Crippen MR) is 82.9 cm³/mol. The second-order valence-corrected chi connectivity index (χ2v) is 4.78. The Kier molecular flexibility index (Phi) is 5.85. The first-order valence-electron chi connectivity index (χ1n) is 6.30. The maximum atomic E-state index is 12.0. The first-order chi connectivity index (χ1) is 9.06. The summed E-state index contributed by atoms with van der Waals surface area (Å²) in [6, 6.07) is 4.79. The zero-order valence-corrected chi connectivity index (χ0v) is 12.3. The lowest BCUT2D eigenvalue weighted by atomic mass is 10.1. The number of amides is 1. The summed E-state index contributed by atoms with van der Waals surface area (Å²) in [5.41, 5.74) is 6.76. The van der Waals surface area contributed by atoms with Crippen LogP contribution in [0.15, 0.2) is 24.3 Å². The van der Waals surface area contributed by atoms with Gasteiger partial charge >= 0.3 is 0 Å². The number of anilines is 1. The zero-order chi connectivity index (χ0) is 13.8. The van der Waals surface area contributed by atoms with Crippen LogP contribution in [0, 0.1) is 0 Å². The molecule has 1 saturated heterocycles. The molecule has 0 spiro atoms. The fourth-order valence-corrected chi connectivity index (χ4v) is 2.00. The molecule has 0 aromatic heterocycles. The topological polar surface area (TPSA) is 69.8 Å². The van der Waals surface area contributed by atoms with E-state index in [1.165, 1.54) is 12.1 Å². The summed E-state index contributed by atoms with van der Waals surface area (Å²) in [6.45, 7) is 3.26. The number of rotatable bonds is 2. The number of likely N-dealkylation sites (N-methyl/N-ethyl adjacent to an activating group) is 1. The molecule has 6 heteroatoms. The third-order valence-electron chi connectivity index (χ3n) is 3.27. The van der Waals surface area contributed by atoms with Gasteiger partial charge in [-0.2, -0.15) is 0 Å². The minimum atomic E-state index is -0.0325. The minimum absolute atomic E-state index is 0. The van der Waals surface area contributed by atoms with Crippen LogP contribution in [0.5, 0.6) is 5.75 Å². The van der Waals surface area contributed by atoms with E-state index in [0.29, 0.717) is 11.3 Å². The molecule has 1 aromatic carbocycles. The summed E-state index contributed by atoms with van der Waals surface area (Å²) in [6.07, 6.45) is 3.09. The van der Waals surface area contributed by atoms with Gasteiger partial charge in [-0.3, -0.25) is 4.79 Å². The maximum absolute atomic E-state index is 12.0. The van der Waals surface area contributed by atoms with Crippen molar-refractivity contribution in [3.05, 3.63) is 29.8 Å². The number of carbonyl (C=O) groups excluding carboxylic acids is 1. The Bertz CT molecular complexity index is 497. The number of halogens is 1. The van der Waals surface area contributed by atoms with Crippen LogP contribution in [0.2, 0.25) is 0 Å². The van der Waals surface area contributed by atoms with Crippen LogP contribution in [0.3, 0.4) is 0 Å². The molecule has 1 heterocycles. The zero-order valence-electron chi connectivity index (χ0n) is 11.5. The molecule has 20 heavy (non-hydrogen) atoms. The Labute approximate surface area is 125 Å². The van der Waals surface area contributed by atoms with E-state index in [0.717, 1.165) is 26.2 Å². The number of hydrogen-bond donors (Lipinski definition) is 2. The van der Waals surface area contributed by atoms with Crippen molar-refractivity contribution < 1.29 is 9.90 Å². The van der Waals surface area contributed by atoms with E-state index in [4.69, 9.17) is 5.73 Å². The van der Waals surface area contributed by atoms with Gasteiger partial charge in [0, 0.05) is 43.5 Å². The van der Waals surface area contributed by atoms with Crippen LogP contribution in [-0.4, -0.2) is 54.0 Å². The molecule has 110 valence electrons. The number of benzene rings is 1.